The first kappa shape index (κ1) is 15.0. The lowest BCUT2D eigenvalue weighted by Crippen LogP contribution is -2.20. The van der Waals surface area contributed by atoms with Crippen molar-refractivity contribution in [3.05, 3.63) is 38.8 Å². The number of nitrogens with zero attached hydrogens (tertiary/aromatic N) is 2. The summed E-state index contributed by atoms with van der Waals surface area (Å²) >= 11 is 6.60. The molecular weight excluding hydrogens is 322 g/mol. The van der Waals surface area contributed by atoms with E-state index >= 15 is 0 Å². The maximum Gasteiger partial charge on any atom is 0.273 e. The molecular formula is C11H12ClN3O3S2. The molecule has 0 saturated heterocycles. The maximum atomic E-state index is 12.2. The van der Waals surface area contributed by atoms with Crippen LogP contribution in [0.1, 0.15) is 12.6 Å². The third kappa shape index (κ3) is 3.02. The average molecular weight is 334 g/mol. The summed E-state index contributed by atoms with van der Waals surface area (Å²) in [6, 6.07) is 2.73. The van der Waals surface area contributed by atoms with Crippen LogP contribution in [0.4, 0.5) is 5.69 Å². The number of hydrogen-bond donors (Lipinski definition) is 1. The summed E-state index contributed by atoms with van der Waals surface area (Å²) in [6.07, 6.45) is 1.46. The Morgan fingerprint density at radius 1 is 1.45 bits per heavy atom. The number of aromatic nitrogens is 2. The normalized spacial score (nSPS) is 11.6. The zero-order valence-electron chi connectivity index (χ0n) is 10.8. The molecule has 0 aliphatic carbocycles. The topological polar surface area (TPSA) is 81.1 Å². The first-order chi connectivity index (χ1) is 9.33. The second-order valence-electron chi connectivity index (χ2n) is 3.99. The van der Waals surface area contributed by atoms with Gasteiger partial charge in [-0.1, -0.05) is 22.9 Å². The van der Waals surface area contributed by atoms with Gasteiger partial charge in [0.2, 0.25) is 0 Å². The van der Waals surface area contributed by atoms with Crippen LogP contribution in [0.25, 0.3) is 0 Å². The van der Waals surface area contributed by atoms with Gasteiger partial charge < -0.3 is 4.57 Å². The van der Waals surface area contributed by atoms with Gasteiger partial charge in [0.15, 0.2) is 8.68 Å². The van der Waals surface area contributed by atoms with Crippen molar-refractivity contribution in [1.29, 1.82) is 0 Å². The standard InChI is InChI=1S/C11H12ClN3O3S2/c1-3-15-6-8(4-5-9(15)16)14-20(17,18)10-7(2)13-11(12)19-10/h4-6,14H,3H2,1-2H3. The number of aryl methyl sites for hydroxylation is 2. The molecule has 2 aromatic rings. The Kier molecular flexibility index (Phi) is 4.17. The summed E-state index contributed by atoms with van der Waals surface area (Å²) in [5, 5.41) is 0. The minimum Gasteiger partial charge on any atom is -0.314 e. The largest absolute Gasteiger partial charge is 0.314 e. The predicted octanol–water partition coefficient (Wildman–Crippen LogP) is 2.09. The van der Waals surface area contributed by atoms with Gasteiger partial charge in [-0.15, -0.1) is 0 Å². The summed E-state index contributed by atoms with van der Waals surface area (Å²) in [5.41, 5.74) is 0.471. The van der Waals surface area contributed by atoms with E-state index in [0.717, 1.165) is 11.3 Å². The Bertz CT molecular complexity index is 795. The Morgan fingerprint density at radius 3 is 2.70 bits per heavy atom. The molecule has 2 rings (SSSR count). The molecule has 9 heteroatoms. The zero-order valence-corrected chi connectivity index (χ0v) is 13.1. The molecule has 0 radical (unpaired) electrons. The van der Waals surface area contributed by atoms with Crippen LogP contribution in [0.3, 0.4) is 0 Å². The summed E-state index contributed by atoms with van der Waals surface area (Å²) in [7, 11) is -3.75. The van der Waals surface area contributed by atoms with Gasteiger partial charge in [0, 0.05) is 18.8 Å². The molecule has 20 heavy (non-hydrogen) atoms. The summed E-state index contributed by atoms with van der Waals surface area (Å²) < 4.78 is 28.5. The molecule has 0 atom stereocenters. The predicted molar refractivity (Wildman–Crippen MR) is 79.0 cm³/mol. The van der Waals surface area contributed by atoms with Crippen molar-refractivity contribution in [2.24, 2.45) is 0 Å². The lowest BCUT2D eigenvalue weighted by atomic mass is 10.4. The number of halogens is 1. The molecule has 6 nitrogen and oxygen atoms in total. The molecule has 108 valence electrons. The Balaban J connectivity index is 2.38. The van der Waals surface area contributed by atoms with Crippen molar-refractivity contribution in [3.63, 3.8) is 0 Å². The quantitative estimate of drug-likeness (QED) is 0.928. The fourth-order valence-corrected chi connectivity index (χ4v) is 4.42. The molecule has 2 heterocycles. The van der Waals surface area contributed by atoms with Crippen LogP contribution in [0, 0.1) is 6.92 Å². The Hall–Kier alpha value is -1.38. The van der Waals surface area contributed by atoms with E-state index in [1.807, 2.05) is 0 Å². The molecule has 2 aromatic heterocycles. The zero-order chi connectivity index (χ0) is 14.9. The fourth-order valence-electron chi connectivity index (χ4n) is 1.64. The average Bonchev–Trinajstić information content (AvgIpc) is 2.71. The van der Waals surface area contributed by atoms with E-state index in [9.17, 15) is 13.2 Å². The number of rotatable bonds is 4. The molecule has 1 N–H and O–H groups in total. The number of anilines is 1. The van der Waals surface area contributed by atoms with E-state index < -0.39 is 10.0 Å². The van der Waals surface area contributed by atoms with Crippen molar-refractivity contribution >= 4 is 38.6 Å². The number of sulfonamides is 1. The maximum absolute atomic E-state index is 12.2. The molecule has 0 saturated carbocycles. The molecule has 0 fully saturated rings. The van der Waals surface area contributed by atoms with Crippen molar-refractivity contribution in [2.45, 2.75) is 24.6 Å². The van der Waals surface area contributed by atoms with Gasteiger partial charge in [0.1, 0.15) is 0 Å². The number of hydrogen-bond acceptors (Lipinski definition) is 5. The lowest BCUT2D eigenvalue weighted by molar-refractivity contribution is 0.602. The van der Waals surface area contributed by atoms with Crippen molar-refractivity contribution < 1.29 is 8.42 Å². The van der Waals surface area contributed by atoms with Gasteiger partial charge in [0.05, 0.1) is 11.4 Å². The van der Waals surface area contributed by atoms with Gasteiger partial charge in [0.25, 0.3) is 15.6 Å². The molecule has 0 amide bonds. The van der Waals surface area contributed by atoms with Crippen LogP contribution in [0.15, 0.2) is 27.3 Å². The highest BCUT2D eigenvalue weighted by molar-refractivity contribution is 7.94. The van der Waals surface area contributed by atoms with E-state index in [4.69, 9.17) is 11.6 Å². The second-order valence-corrected chi connectivity index (χ2v) is 7.45. The lowest BCUT2D eigenvalue weighted by Gasteiger charge is -2.08. The first-order valence-electron chi connectivity index (χ1n) is 5.69. The van der Waals surface area contributed by atoms with Crippen molar-refractivity contribution in [2.75, 3.05) is 4.72 Å². The highest BCUT2D eigenvalue weighted by Gasteiger charge is 2.21. The number of thiazole rings is 1. The third-order valence-electron chi connectivity index (χ3n) is 2.55. The fraction of sp³-hybridized carbons (Fsp3) is 0.273. The number of pyridine rings is 1. The SMILES string of the molecule is CCn1cc(NS(=O)(=O)c2sc(Cl)nc2C)ccc1=O. The highest BCUT2D eigenvalue weighted by Crippen LogP contribution is 2.28. The van der Waals surface area contributed by atoms with Crippen LogP contribution in [-0.2, 0) is 16.6 Å². The van der Waals surface area contributed by atoms with Crippen LogP contribution in [0.2, 0.25) is 4.47 Å². The number of nitrogens with one attached hydrogen (secondary N) is 1. The molecule has 0 aromatic carbocycles. The third-order valence-corrected chi connectivity index (χ3v) is 5.80. The van der Waals surface area contributed by atoms with Gasteiger partial charge >= 0.3 is 0 Å². The van der Waals surface area contributed by atoms with E-state index in [1.54, 1.807) is 13.8 Å². The monoisotopic (exact) mass is 333 g/mol. The smallest absolute Gasteiger partial charge is 0.273 e. The van der Waals surface area contributed by atoms with E-state index in [0.29, 0.717) is 17.9 Å². The van der Waals surface area contributed by atoms with Crippen LogP contribution >= 0.6 is 22.9 Å². The highest BCUT2D eigenvalue weighted by atomic mass is 35.5. The minimum absolute atomic E-state index is 0.0664. The molecule has 0 aliphatic heterocycles. The Labute approximate surface area is 125 Å². The second kappa shape index (κ2) is 5.55. The summed E-state index contributed by atoms with van der Waals surface area (Å²) in [4.78, 5) is 15.3. The van der Waals surface area contributed by atoms with E-state index in [1.165, 1.54) is 22.9 Å². The van der Waals surface area contributed by atoms with Crippen molar-refractivity contribution in [3.8, 4) is 0 Å². The first-order valence-corrected chi connectivity index (χ1v) is 8.37. The van der Waals surface area contributed by atoms with E-state index in [2.05, 4.69) is 9.71 Å². The molecule has 0 spiro atoms. The summed E-state index contributed by atoms with van der Waals surface area (Å²) in [6.45, 7) is 3.83. The van der Waals surface area contributed by atoms with Crippen molar-refractivity contribution in [1.82, 2.24) is 9.55 Å². The minimum atomic E-state index is -3.75. The van der Waals surface area contributed by atoms with Gasteiger partial charge in [-0.2, -0.15) is 0 Å². The van der Waals surface area contributed by atoms with Crippen LogP contribution in [-0.4, -0.2) is 18.0 Å². The molecule has 0 aliphatic rings. The molecule has 0 unspecified atom stereocenters. The van der Waals surface area contributed by atoms with Crippen LogP contribution < -0.4 is 10.3 Å². The Morgan fingerprint density at radius 2 is 2.15 bits per heavy atom. The van der Waals surface area contributed by atoms with Crippen LogP contribution in [0.5, 0.6) is 0 Å². The summed E-state index contributed by atoms with van der Waals surface area (Å²) in [5.74, 6) is 0. The molecule has 0 bridgehead atoms. The van der Waals surface area contributed by atoms with Gasteiger partial charge in [-0.05, 0) is 19.9 Å². The van der Waals surface area contributed by atoms with Gasteiger partial charge in [-0.3, -0.25) is 9.52 Å². The van der Waals surface area contributed by atoms with E-state index in [-0.39, 0.29) is 14.2 Å². The van der Waals surface area contributed by atoms with Gasteiger partial charge in [-0.25, -0.2) is 13.4 Å².